The van der Waals surface area contributed by atoms with E-state index in [4.69, 9.17) is 4.52 Å². The van der Waals surface area contributed by atoms with Crippen molar-refractivity contribution in [2.24, 2.45) is 0 Å². The van der Waals surface area contributed by atoms with Gasteiger partial charge in [0.25, 0.3) is 0 Å². The summed E-state index contributed by atoms with van der Waals surface area (Å²) in [6, 6.07) is 21.3. The molecule has 0 unspecified atom stereocenters. The van der Waals surface area contributed by atoms with Crippen LogP contribution in [-0.2, 0) is 4.79 Å². The summed E-state index contributed by atoms with van der Waals surface area (Å²) < 4.78 is 5.46. The van der Waals surface area contributed by atoms with Crippen LogP contribution in [0.2, 0.25) is 0 Å². The zero-order valence-electron chi connectivity index (χ0n) is 17.3. The number of hydrogen-bond acceptors (Lipinski definition) is 6. The van der Waals surface area contributed by atoms with Crippen LogP contribution >= 0.6 is 11.8 Å². The van der Waals surface area contributed by atoms with Crippen molar-refractivity contribution in [1.29, 1.82) is 0 Å². The molecule has 0 aliphatic carbocycles. The summed E-state index contributed by atoms with van der Waals surface area (Å²) in [6.07, 6.45) is 1.65. The number of hydrogen-bond donors (Lipinski definition) is 1. The van der Waals surface area contributed by atoms with E-state index in [9.17, 15) is 4.79 Å². The van der Waals surface area contributed by atoms with Crippen LogP contribution in [0.15, 0.2) is 82.6 Å². The summed E-state index contributed by atoms with van der Waals surface area (Å²) in [5.74, 6) is 1.11. The fourth-order valence-electron chi connectivity index (χ4n) is 2.97. The summed E-state index contributed by atoms with van der Waals surface area (Å²) >= 11 is 1.27. The number of aromatic nitrogens is 3. The van der Waals surface area contributed by atoms with Gasteiger partial charge in [0, 0.05) is 23.5 Å². The summed E-state index contributed by atoms with van der Waals surface area (Å²) in [5.41, 5.74) is 4.35. The van der Waals surface area contributed by atoms with Gasteiger partial charge in [-0.15, -0.1) is 0 Å². The molecule has 0 saturated carbocycles. The van der Waals surface area contributed by atoms with Gasteiger partial charge < -0.3 is 9.84 Å². The highest BCUT2D eigenvalue weighted by atomic mass is 32.2. The Labute approximate surface area is 185 Å². The zero-order chi connectivity index (χ0) is 21.6. The number of thioether (sulfide) groups is 1. The van der Waals surface area contributed by atoms with Crippen LogP contribution in [0.3, 0.4) is 0 Å². The topological polar surface area (TPSA) is 80.9 Å². The molecule has 0 atom stereocenters. The molecule has 0 bridgehead atoms. The van der Waals surface area contributed by atoms with E-state index in [-0.39, 0.29) is 11.7 Å². The molecule has 1 N–H and O–H groups in total. The molecule has 2 heterocycles. The van der Waals surface area contributed by atoms with Crippen molar-refractivity contribution in [3.05, 3.63) is 78.5 Å². The summed E-state index contributed by atoms with van der Waals surface area (Å²) in [7, 11) is 0. The molecule has 0 spiro atoms. The number of benzene rings is 2. The maximum atomic E-state index is 12.3. The van der Waals surface area contributed by atoms with Crippen LogP contribution in [0.25, 0.3) is 22.7 Å². The predicted octanol–water partition coefficient (Wildman–Crippen LogP) is 5.65. The second-order valence-electron chi connectivity index (χ2n) is 7.28. The van der Waals surface area contributed by atoms with Gasteiger partial charge in [-0.05, 0) is 29.7 Å². The Morgan fingerprint density at radius 3 is 2.55 bits per heavy atom. The van der Waals surface area contributed by atoms with Crippen LogP contribution in [0.1, 0.15) is 25.3 Å². The van der Waals surface area contributed by atoms with E-state index in [0.717, 1.165) is 16.9 Å². The average molecular weight is 431 g/mol. The number of carbonyl (C=O) groups is 1. The van der Waals surface area contributed by atoms with E-state index < -0.39 is 0 Å². The standard InChI is InChI=1S/C24H22N4O2S/c1-16(2)17-8-10-19(11-9-17)26-23(29)15-31-24-25-13-12-20(27-24)22-14-21(28-30-22)18-6-4-3-5-7-18/h3-14,16H,15H2,1-2H3,(H,26,29). The molecular formula is C24H22N4O2S. The molecule has 0 aliphatic heterocycles. The number of rotatable bonds is 7. The highest BCUT2D eigenvalue weighted by Gasteiger charge is 2.12. The predicted molar refractivity (Wildman–Crippen MR) is 123 cm³/mol. The first-order chi connectivity index (χ1) is 15.1. The van der Waals surface area contributed by atoms with Crippen molar-refractivity contribution in [2.45, 2.75) is 24.9 Å². The zero-order valence-corrected chi connectivity index (χ0v) is 18.1. The molecule has 0 fully saturated rings. The molecule has 31 heavy (non-hydrogen) atoms. The molecule has 2 aromatic carbocycles. The largest absolute Gasteiger partial charge is 0.354 e. The minimum Gasteiger partial charge on any atom is -0.354 e. The Kier molecular flexibility index (Phi) is 6.43. The van der Waals surface area contributed by atoms with Gasteiger partial charge in [-0.25, -0.2) is 9.97 Å². The van der Waals surface area contributed by atoms with E-state index in [1.165, 1.54) is 17.3 Å². The third-order valence-corrected chi connectivity index (χ3v) is 5.52. The van der Waals surface area contributed by atoms with Crippen LogP contribution in [0.4, 0.5) is 5.69 Å². The second-order valence-corrected chi connectivity index (χ2v) is 8.22. The van der Waals surface area contributed by atoms with Crippen LogP contribution in [-0.4, -0.2) is 26.8 Å². The van der Waals surface area contributed by atoms with Crippen LogP contribution in [0, 0.1) is 0 Å². The maximum Gasteiger partial charge on any atom is 0.234 e. The molecular weight excluding hydrogens is 408 g/mol. The van der Waals surface area contributed by atoms with Crippen molar-refractivity contribution < 1.29 is 9.32 Å². The molecule has 1 amide bonds. The lowest BCUT2D eigenvalue weighted by atomic mass is 10.0. The highest BCUT2D eigenvalue weighted by molar-refractivity contribution is 7.99. The van der Waals surface area contributed by atoms with Gasteiger partial charge in [0.1, 0.15) is 11.4 Å². The molecule has 0 aliphatic rings. The lowest BCUT2D eigenvalue weighted by Crippen LogP contribution is -2.14. The van der Waals surface area contributed by atoms with Crippen LogP contribution in [0.5, 0.6) is 0 Å². The fraction of sp³-hybridized carbons (Fsp3) is 0.167. The smallest absolute Gasteiger partial charge is 0.234 e. The summed E-state index contributed by atoms with van der Waals surface area (Å²) in [4.78, 5) is 21.1. The lowest BCUT2D eigenvalue weighted by molar-refractivity contribution is -0.113. The van der Waals surface area contributed by atoms with E-state index >= 15 is 0 Å². The third-order valence-electron chi connectivity index (χ3n) is 4.66. The van der Waals surface area contributed by atoms with Gasteiger partial charge in [-0.2, -0.15) is 0 Å². The summed E-state index contributed by atoms with van der Waals surface area (Å²) in [6.45, 7) is 4.28. The fourth-order valence-corrected chi connectivity index (χ4v) is 3.60. The van der Waals surface area contributed by atoms with E-state index in [1.807, 2.05) is 60.7 Å². The Morgan fingerprint density at radius 2 is 1.81 bits per heavy atom. The van der Waals surface area contributed by atoms with E-state index in [2.05, 4.69) is 34.3 Å². The van der Waals surface area contributed by atoms with Crippen molar-refractivity contribution in [1.82, 2.24) is 15.1 Å². The Hall–Kier alpha value is -3.45. The molecule has 0 radical (unpaired) electrons. The monoisotopic (exact) mass is 430 g/mol. The van der Waals surface area contributed by atoms with Crippen molar-refractivity contribution in [3.63, 3.8) is 0 Å². The van der Waals surface area contributed by atoms with Gasteiger partial charge >= 0.3 is 0 Å². The van der Waals surface area contributed by atoms with Crippen molar-refractivity contribution in [3.8, 4) is 22.7 Å². The summed E-state index contributed by atoms with van der Waals surface area (Å²) in [5, 5.41) is 7.53. The molecule has 6 nitrogen and oxygen atoms in total. The van der Waals surface area contributed by atoms with Crippen molar-refractivity contribution >= 4 is 23.4 Å². The quantitative estimate of drug-likeness (QED) is 0.301. The second kappa shape index (κ2) is 9.57. The first kappa shape index (κ1) is 20.8. The minimum atomic E-state index is -0.109. The first-order valence-corrected chi connectivity index (χ1v) is 11.0. The molecule has 7 heteroatoms. The Balaban J connectivity index is 1.37. The molecule has 4 aromatic rings. The Morgan fingerprint density at radius 1 is 1.03 bits per heavy atom. The number of nitrogens with zero attached hydrogens (tertiary/aromatic N) is 3. The Bertz CT molecular complexity index is 1160. The first-order valence-electron chi connectivity index (χ1n) is 9.96. The average Bonchev–Trinajstić information content (AvgIpc) is 3.29. The maximum absolute atomic E-state index is 12.3. The van der Waals surface area contributed by atoms with Gasteiger partial charge in [-0.1, -0.05) is 73.2 Å². The third kappa shape index (κ3) is 5.38. The molecule has 156 valence electrons. The highest BCUT2D eigenvalue weighted by Crippen LogP contribution is 2.26. The molecule has 2 aromatic heterocycles. The van der Waals surface area contributed by atoms with Gasteiger partial charge in [0.05, 0.1) is 5.75 Å². The molecule has 0 saturated heterocycles. The SMILES string of the molecule is CC(C)c1ccc(NC(=O)CSc2nccc(-c3cc(-c4ccccc4)no3)n2)cc1. The van der Waals surface area contributed by atoms with Gasteiger partial charge in [-0.3, -0.25) is 4.79 Å². The van der Waals surface area contributed by atoms with E-state index in [0.29, 0.717) is 22.5 Å². The van der Waals surface area contributed by atoms with Crippen molar-refractivity contribution in [2.75, 3.05) is 11.1 Å². The van der Waals surface area contributed by atoms with E-state index in [1.54, 1.807) is 12.3 Å². The van der Waals surface area contributed by atoms with Gasteiger partial charge in [0.15, 0.2) is 10.9 Å². The number of carbonyl (C=O) groups excluding carboxylic acids is 1. The normalized spacial score (nSPS) is 10.9. The minimum absolute atomic E-state index is 0.109. The number of amides is 1. The lowest BCUT2D eigenvalue weighted by Gasteiger charge is -2.08. The molecule has 4 rings (SSSR count). The number of nitrogens with one attached hydrogen (secondary N) is 1. The van der Waals surface area contributed by atoms with Crippen LogP contribution < -0.4 is 5.32 Å². The number of anilines is 1. The van der Waals surface area contributed by atoms with Gasteiger partial charge in [0.2, 0.25) is 5.91 Å².